The summed E-state index contributed by atoms with van der Waals surface area (Å²) in [7, 11) is -2.92. The van der Waals surface area contributed by atoms with Crippen LogP contribution in [-0.4, -0.2) is 27.0 Å². The first-order valence-corrected chi connectivity index (χ1v) is 7.55. The van der Waals surface area contributed by atoms with E-state index >= 15 is 0 Å². The number of nitriles is 1. The van der Waals surface area contributed by atoms with Crippen molar-refractivity contribution < 1.29 is 12.8 Å². The minimum atomic E-state index is -2.92. The van der Waals surface area contributed by atoms with Gasteiger partial charge in [-0.25, -0.2) is 12.8 Å². The number of nitrogens with one attached hydrogen (secondary N) is 1. The maximum absolute atomic E-state index is 13.0. The Hall–Kier alpha value is -1.45. The molecule has 0 radical (unpaired) electrons. The smallest absolute Gasteiger partial charge is 0.147 e. The molecule has 1 N–H and O–H groups in total. The van der Waals surface area contributed by atoms with Crippen molar-refractivity contribution in [2.24, 2.45) is 0 Å². The fourth-order valence-electron chi connectivity index (χ4n) is 1.46. The van der Waals surface area contributed by atoms with Crippen LogP contribution in [0.2, 0.25) is 0 Å². The predicted octanol–water partition coefficient (Wildman–Crippen LogP) is 1.22. The van der Waals surface area contributed by atoms with E-state index in [0.717, 1.165) is 5.56 Å². The van der Waals surface area contributed by atoms with Crippen molar-refractivity contribution in [2.45, 2.75) is 13.0 Å². The van der Waals surface area contributed by atoms with Crippen LogP contribution in [0.4, 0.5) is 4.39 Å². The molecular weight excluding hydrogens is 255 g/mol. The number of nitrogens with zero attached hydrogens (tertiary/aromatic N) is 1. The Balaban J connectivity index is 2.39. The summed E-state index contributed by atoms with van der Waals surface area (Å²) in [5, 5.41) is 11.7. The van der Waals surface area contributed by atoms with Crippen LogP contribution in [0.15, 0.2) is 18.2 Å². The number of sulfone groups is 1. The van der Waals surface area contributed by atoms with Gasteiger partial charge in [-0.05, 0) is 30.7 Å². The third-order valence-corrected chi connectivity index (χ3v) is 3.38. The molecule has 0 unspecified atom stereocenters. The van der Waals surface area contributed by atoms with Crippen molar-refractivity contribution in [3.63, 3.8) is 0 Å². The normalized spacial score (nSPS) is 11.2. The van der Waals surface area contributed by atoms with E-state index in [4.69, 9.17) is 5.26 Å². The average molecular weight is 270 g/mol. The highest BCUT2D eigenvalue weighted by molar-refractivity contribution is 7.90. The second-order valence-electron chi connectivity index (χ2n) is 4.09. The lowest BCUT2D eigenvalue weighted by atomic mass is 10.1. The molecule has 0 fully saturated rings. The lowest BCUT2D eigenvalue weighted by Gasteiger charge is -2.05. The summed E-state index contributed by atoms with van der Waals surface area (Å²) >= 11 is 0. The first-order chi connectivity index (χ1) is 8.42. The van der Waals surface area contributed by atoms with Crippen molar-refractivity contribution >= 4 is 9.84 Å². The van der Waals surface area contributed by atoms with Gasteiger partial charge in [0.05, 0.1) is 11.3 Å². The molecule has 0 aromatic heterocycles. The molecule has 0 spiro atoms. The van der Waals surface area contributed by atoms with E-state index in [0.29, 0.717) is 19.5 Å². The Morgan fingerprint density at radius 1 is 1.44 bits per heavy atom. The Kier molecular flexibility index (Phi) is 5.25. The van der Waals surface area contributed by atoms with Crippen LogP contribution in [0, 0.1) is 17.1 Å². The number of rotatable bonds is 6. The molecule has 18 heavy (non-hydrogen) atoms. The van der Waals surface area contributed by atoms with Crippen LogP contribution in [0.25, 0.3) is 0 Å². The Morgan fingerprint density at radius 2 is 2.17 bits per heavy atom. The molecule has 0 saturated carbocycles. The fraction of sp³-hybridized carbons (Fsp3) is 0.417. The van der Waals surface area contributed by atoms with Crippen molar-refractivity contribution in [3.05, 3.63) is 35.1 Å². The summed E-state index contributed by atoms with van der Waals surface area (Å²) in [6.07, 6.45) is 1.73. The molecular formula is C12H15FN2O2S. The van der Waals surface area contributed by atoms with Gasteiger partial charge in [-0.15, -0.1) is 0 Å². The second-order valence-corrected chi connectivity index (χ2v) is 6.35. The van der Waals surface area contributed by atoms with Crippen LogP contribution in [-0.2, 0) is 16.4 Å². The molecule has 0 saturated heterocycles. The SMILES string of the molecule is CS(=O)(=O)CCCNCc1ccc(F)c(C#N)c1. The largest absolute Gasteiger partial charge is 0.313 e. The van der Waals surface area contributed by atoms with Gasteiger partial charge in [-0.2, -0.15) is 5.26 Å². The van der Waals surface area contributed by atoms with Crippen LogP contribution in [0.5, 0.6) is 0 Å². The zero-order valence-corrected chi connectivity index (χ0v) is 10.9. The molecule has 98 valence electrons. The van der Waals surface area contributed by atoms with Crippen LogP contribution in [0.1, 0.15) is 17.5 Å². The molecule has 1 rings (SSSR count). The van der Waals surface area contributed by atoms with Crippen LogP contribution < -0.4 is 5.32 Å². The zero-order chi connectivity index (χ0) is 13.6. The minimum Gasteiger partial charge on any atom is -0.313 e. The topological polar surface area (TPSA) is 70.0 Å². The first kappa shape index (κ1) is 14.6. The van der Waals surface area contributed by atoms with Gasteiger partial charge in [0.2, 0.25) is 0 Å². The summed E-state index contributed by atoms with van der Waals surface area (Å²) in [5.74, 6) is -0.384. The van der Waals surface area contributed by atoms with Gasteiger partial charge in [0, 0.05) is 12.8 Å². The lowest BCUT2D eigenvalue weighted by molar-refractivity contribution is 0.593. The quantitative estimate of drug-likeness (QED) is 0.789. The van der Waals surface area contributed by atoms with Crippen molar-refractivity contribution in [3.8, 4) is 6.07 Å². The Bertz CT molecular complexity index is 550. The van der Waals surface area contributed by atoms with Crippen molar-refractivity contribution in [2.75, 3.05) is 18.6 Å². The number of hydrogen-bond donors (Lipinski definition) is 1. The fourth-order valence-corrected chi connectivity index (χ4v) is 2.13. The maximum Gasteiger partial charge on any atom is 0.147 e. The van der Waals surface area contributed by atoms with Crippen molar-refractivity contribution in [1.82, 2.24) is 5.32 Å². The third kappa shape index (κ3) is 5.25. The van der Waals surface area contributed by atoms with E-state index < -0.39 is 15.7 Å². The predicted molar refractivity (Wildman–Crippen MR) is 67.1 cm³/mol. The highest BCUT2D eigenvalue weighted by Gasteiger charge is 2.03. The molecule has 0 amide bonds. The average Bonchev–Trinajstić information content (AvgIpc) is 2.29. The van der Waals surface area contributed by atoms with E-state index in [1.807, 2.05) is 0 Å². The number of hydrogen-bond acceptors (Lipinski definition) is 4. The van der Waals surface area contributed by atoms with Gasteiger partial charge in [-0.1, -0.05) is 6.07 Å². The highest BCUT2D eigenvalue weighted by Crippen LogP contribution is 2.09. The van der Waals surface area contributed by atoms with E-state index in [9.17, 15) is 12.8 Å². The van der Waals surface area contributed by atoms with Gasteiger partial charge in [0.1, 0.15) is 21.7 Å². The van der Waals surface area contributed by atoms with Gasteiger partial charge in [0.25, 0.3) is 0 Å². The van der Waals surface area contributed by atoms with Crippen molar-refractivity contribution in [1.29, 1.82) is 5.26 Å². The van der Waals surface area contributed by atoms with Crippen LogP contribution >= 0.6 is 0 Å². The highest BCUT2D eigenvalue weighted by atomic mass is 32.2. The molecule has 1 aromatic carbocycles. The molecule has 1 aromatic rings. The monoisotopic (exact) mass is 270 g/mol. The van der Waals surface area contributed by atoms with Gasteiger partial charge >= 0.3 is 0 Å². The summed E-state index contributed by atoms with van der Waals surface area (Å²) in [4.78, 5) is 0. The molecule has 6 heteroatoms. The lowest BCUT2D eigenvalue weighted by Crippen LogP contribution is -2.18. The van der Waals surface area contributed by atoms with Gasteiger partial charge < -0.3 is 5.32 Å². The first-order valence-electron chi connectivity index (χ1n) is 5.49. The van der Waals surface area contributed by atoms with E-state index in [2.05, 4.69) is 5.32 Å². The van der Waals surface area contributed by atoms with E-state index in [1.54, 1.807) is 12.1 Å². The maximum atomic E-state index is 13.0. The zero-order valence-electron chi connectivity index (χ0n) is 10.1. The van der Waals surface area contributed by atoms with Gasteiger partial charge in [-0.3, -0.25) is 0 Å². The summed E-state index contributed by atoms with van der Waals surface area (Å²) < 4.78 is 34.8. The molecule has 0 heterocycles. The molecule has 0 aliphatic carbocycles. The third-order valence-electron chi connectivity index (χ3n) is 2.35. The molecule has 0 bridgehead atoms. The van der Waals surface area contributed by atoms with E-state index in [1.165, 1.54) is 18.4 Å². The Morgan fingerprint density at radius 3 is 2.78 bits per heavy atom. The molecule has 0 aliphatic rings. The molecule has 0 atom stereocenters. The minimum absolute atomic E-state index is 0.0189. The van der Waals surface area contributed by atoms with Gasteiger partial charge in [0.15, 0.2) is 0 Å². The summed E-state index contributed by atoms with van der Waals surface area (Å²) in [6, 6.07) is 6.11. The number of halogens is 1. The van der Waals surface area contributed by atoms with E-state index in [-0.39, 0.29) is 11.3 Å². The summed E-state index contributed by atoms with van der Waals surface area (Å²) in [6.45, 7) is 1.05. The number of benzene rings is 1. The Labute approximate surface area is 106 Å². The molecule has 4 nitrogen and oxygen atoms in total. The summed E-state index contributed by atoms with van der Waals surface area (Å²) in [5.41, 5.74) is 0.817. The van der Waals surface area contributed by atoms with Crippen LogP contribution in [0.3, 0.4) is 0 Å². The molecule has 0 aliphatic heterocycles. The second kappa shape index (κ2) is 6.47. The standard InChI is InChI=1S/C12H15FN2O2S/c1-18(16,17)6-2-5-15-9-10-3-4-12(13)11(7-10)8-14/h3-4,7,15H,2,5-6,9H2,1H3.